The summed E-state index contributed by atoms with van der Waals surface area (Å²) in [5.41, 5.74) is 1.56. The van der Waals surface area contributed by atoms with Crippen molar-refractivity contribution < 1.29 is 23.9 Å². The average Bonchev–Trinajstić information content (AvgIpc) is 3.34. The van der Waals surface area contributed by atoms with E-state index >= 15 is 0 Å². The van der Waals surface area contributed by atoms with Crippen LogP contribution in [0.25, 0.3) is 0 Å². The molecule has 2 bridgehead atoms. The lowest BCUT2D eigenvalue weighted by molar-refractivity contribution is -0.154. The Kier molecular flexibility index (Phi) is 6.34. The fourth-order valence-corrected chi connectivity index (χ4v) is 6.35. The number of rotatable bonds is 6. The molecule has 1 N–H and O–H groups in total. The summed E-state index contributed by atoms with van der Waals surface area (Å²) >= 11 is 16.0. The van der Waals surface area contributed by atoms with E-state index in [-0.39, 0.29) is 22.6 Å². The van der Waals surface area contributed by atoms with Crippen molar-refractivity contribution in [3.8, 4) is 0 Å². The van der Waals surface area contributed by atoms with Crippen LogP contribution in [-0.2, 0) is 30.3 Å². The van der Waals surface area contributed by atoms with Gasteiger partial charge in [-0.3, -0.25) is 24.1 Å². The van der Waals surface area contributed by atoms with Gasteiger partial charge < -0.3 is 10.1 Å². The average molecular weight is 532 g/mol. The SMILES string of the molecule is CCc1cc(Br)ccc1NC(=O)COC(=O)CN1C(=O)[C@@H]2[C@H]3C[C@@H]([C@@H](Cl)[C@H]3Cl)[C@H]2C1=O. The third-order valence-corrected chi connectivity index (χ3v) is 8.26. The number of esters is 1. The number of hydrogen-bond donors (Lipinski definition) is 1. The number of carbonyl (C=O) groups excluding carboxylic acids is 4. The van der Waals surface area contributed by atoms with Gasteiger partial charge in [0.05, 0.1) is 22.6 Å². The zero-order valence-electron chi connectivity index (χ0n) is 16.6. The molecule has 166 valence electrons. The second-order valence-corrected chi connectivity index (χ2v) is 10.1. The number of nitrogens with zero attached hydrogens (tertiary/aromatic N) is 1. The molecule has 0 aromatic heterocycles. The number of halogens is 3. The molecule has 3 amide bonds. The van der Waals surface area contributed by atoms with Crippen molar-refractivity contribution in [3.05, 3.63) is 28.2 Å². The number of aryl methyl sites for hydroxylation is 1. The van der Waals surface area contributed by atoms with Crippen LogP contribution in [0.5, 0.6) is 0 Å². The van der Waals surface area contributed by atoms with Gasteiger partial charge in [-0.05, 0) is 48.4 Å². The van der Waals surface area contributed by atoms with Crippen LogP contribution in [-0.4, -0.2) is 52.5 Å². The van der Waals surface area contributed by atoms with E-state index in [0.717, 1.165) is 14.9 Å². The maximum Gasteiger partial charge on any atom is 0.326 e. The van der Waals surface area contributed by atoms with E-state index in [1.165, 1.54) is 0 Å². The van der Waals surface area contributed by atoms with E-state index in [0.29, 0.717) is 18.5 Å². The summed E-state index contributed by atoms with van der Waals surface area (Å²) < 4.78 is 5.90. The highest BCUT2D eigenvalue weighted by molar-refractivity contribution is 9.10. The van der Waals surface area contributed by atoms with E-state index in [9.17, 15) is 19.2 Å². The molecule has 2 saturated carbocycles. The fraction of sp³-hybridized carbons (Fsp3) is 0.524. The van der Waals surface area contributed by atoms with Crippen LogP contribution in [0.4, 0.5) is 5.69 Å². The minimum Gasteiger partial charge on any atom is -0.454 e. The number of ether oxygens (including phenoxy) is 1. The predicted molar refractivity (Wildman–Crippen MR) is 118 cm³/mol. The first kappa shape index (κ1) is 22.6. The Hall–Kier alpha value is -1.64. The minimum absolute atomic E-state index is 0.152. The Morgan fingerprint density at radius 1 is 1.16 bits per heavy atom. The molecule has 6 atom stereocenters. The lowest BCUT2D eigenvalue weighted by Crippen LogP contribution is -2.38. The van der Waals surface area contributed by atoms with E-state index < -0.39 is 48.7 Å². The molecule has 2 aliphatic carbocycles. The Morgan fingerprint density at radius 2 is 1.77 bits per heavy atom. The molecule has 4 rings (SSSR count). The zero-order valence-corrected chi connectivity index (χ0v) is 19.7. The second-order valence-electron chi connectivity index (χ2n) is 8.13. The van der Waals surface area contributed by atoms with Gasteiger partial charge in [-0.2, -0.15) is 0 Å². The van der Waals surface area contributed by atoms with Crippen molar-refractivity contribution in [2.45, 2.75) is 30.5 Å². The largest absolute Gasteiger partial charge is 0.454 e. The molecule has 0 unspecified atom stereocenters. The van der Waals surface area contributed by atoms with E-state index in [2.05, 4.69) is 21.2 Å². The van der Waals surface area contributed by atoms with Gasteiger partial charge in [0.15, 0.2) is 6.61 Å². The van der Waals surface area contributed by atoms with Crippen LogP contribution >= 0.6 is 39.1 Å². The molecule has 3 fully saturated rings. The summed E-state index contributed by atoms with van der Waals surface area (Å²) in [6.07, 6.45) is 1.37. The summed E-state index contributed by atoms with van der Waals surface area (Å²) in [6, 6.07) is 5.45. The fourth-order valence-electron chi connectivity index (χ4n) is 5.05. The third-order valence-electron chi connectivity index (χ3n) is 6.45. The van der Waals surface area contributed by atoms with Crippen molar-refractivity contribution in [1.29, 1.82) is 0 Å². The van der Waals surface area contributed by atoms with Gasteiger partial charge in [-0.25, -0.2) is 0 Å². The number of alkyl halides is 2. The Labute approximate surface area is 197 Å². The Balaban J connectivity index is 1.32. The van der Waals surface area contributed by atoms with E-state index in [1.807, 2.05) is 13.0 Å². The maximum absolute atomic E-state index is 12.8. The van der Waals surface area contributed by atoms with Crippen molar-refractivity contribution in [1.82, 2.24) is 4.90 Å². The molecular weight excluding hydrogens is 511 g/mol. The second kappa shape index (κ2) is 8.71. The number of likely N-dealkylation sites (tertiary alicyclic amines) is 1. The maximum atomic E-state index is 12.8. The molecule has 1 aromatic rings. The normalized spacial score (nSPS) is 31.2. The van der Waals surface area contributed by atoms with Gasteiger partial charge in [0.1, 0.15) is 6.54 Å². The quantitative estimate of drug-likeness (QED) is 0.346. The highest BCUT2D eigenvalue weighted by Crippen LogP contribution is 2.59. The number of carbonyl (C=O) groups is 4. The van der Waals surface area contributed by atoms with E-state index in [4.69, 9.17) is 27.9 Å². The van der Waals surface area contributed by atoms with Gasteiger partial charge in [0.2, 0.25) is 11.8 Å². The van der Waals surface area contributed by atoms with Crippen LogP contribution in [0.1, 0.15) is 18.9 Å². The lowest BCUT2D eigenvalue weighted by atomic mass is 9.80. The van der Waals surface area contributed by atoms with Gasteiger partial charge >= 0.3 is 5.97 Å². The topological polar surface area (TPSA) is 92.8 Å². The Morgan fingerprint density at radius 3 is 2.35 bits per heavy atom. The van der Waals surface area contributed by atoms with Gasteiger partial charge in [0, 0.05) is 10.2 Å². The molecular formula is C21H21BrCl2N2O5. The van der Waals surface area contributed by atoms with Crippen molar-refractivity contribution in [2.75, 3.05) is 18.5 Å². The van der Waals surface area contributed by atoms with Gasteiger partial charge in [-0.1, -0.05) is 22.9 Å². The molecule has 1 aliphatic heterocycles. The molecule has 1 heterocycles. The summed E-state index contributed by atoms with van der Waals surface area (Å²) in [6.45, 7) is 0.928. The van der Waals surface area contributed by atoms with Crippen LogP contribution in [0.15, 0.2) is 22.7 Å². The number of nitrogens with one attached hydrogen (secondary N) is 1. The number of anilines is 1. The number of benzene rings is 1. The summed E-state index contributed by atoms with van der Waals surface area (Å²) in [4.78, 5) is 50.9. The Bertz CT molecular complexity index is 926. The molecule has 1 saturated heterocycles. The minimum atomic E-state index is -0.819. The van der Waals surface area contributed by atoms with Gasteiger partial charge in [-0.15, -0.1) is 23.2 Å². The molecule has 1 aromatic carbocycles. The van der Waals surface area contributed by atoms with Crippen LogP contribution < -0.4 is 5.32 Å². The van der Waals surface area contributed by atoms with Crippen molar-refractivity contribution in [2.24, 2.45) is 23.7 Å². The summed E-state index contributed by atoms with van der Waals surface area (Å²) in [5, 5.41) is 1.99. The van der Waals surface area contributed by atoms with Gasteiger partial charge in [0.25, 0.3) is 5.91 Å². The van der Waals surface area contributed by atoms with Crippen LogP contribution in [0.3, 0.4) is 0 Å². The zero-order chi connectivity index (χ0) is 22.4. The van der Waals surface area contributed by atoms with E-state index in [1.54, 1.807) is 12.1 Å². The predicted octanol–water partition coefficient (Wildman–Crippen LogP) is 2.96. The number of hydrogen-bond acceptors (Lipinski definition) is 5. The molecule has 10 heteroatoms. The number of imide groups is 1. The van der Waals surface area contributed by atoms with Crippen LogP contribution in [0, 0.1) is 23.7 Å². The first-order chi connectivity index (χ1) is 14.7. The molecule has 0 radical (unpaired) electrons. The summed E-state index contributed by atoms with van der Waals surface area (Å²) in [7, 11) is 0. The monoisotopic (exact) mass is 530 g/mol. The number of fused-ring (bicyclic) bond motifs is 5. The smallest absolute Gasteiger partial charge is 0.326 e. The first-order valence-corrected chi connectivity index (χ1v) is 11.8. The molecule has 31 heavy (non-hydrogen) atoms. The third kappa shape index (κ3) is 3.98. The highest BCUT2D eigenvalue weighted by atomic mass is 79.9. The molecule has 7 nitrogen and oxygen atoms in total. The summed E-state index contributed by atoms with van der Waals surface area (Å²) in [5.74, 6) is -3.47. The molecule has 0 spiro atoms. The lowest BCUT2D eigenvalue weighted by Gasteiger charge is -2.28. The van der Waals surface area contributed by atoms with Crippen molar-refractivity contribution in [3.63, 3.8) is 0 Å². The van der Waals surface area contributed by atoms with Crippen molar-refractivity contribution >= 4 is 68.5 Å². The molecule has 3 aliphatic rings. The first-order valence-electron chi connectivity index (χ1n) is 10.1. The van der Waals surface area contributed by atoms with Crippen LogP contribution in [0.2, 0.25) is 0 Å². The highest BCUT2D eigenvalue weighted by Gasteiger charge is 2.66. The number of amides is 3. The standard InChI is InChI=1S/C21H21BrCl2N2O5/c1-2-9-5-10(22)3-4-13(9)25-14(27)8-31-15(28)7-26-20(29)16-11-6-12(17(16)21(26)30)19(24)18(11)23/h3-5,11-12,16-19H,2,6-8H2,1H3,(H,25,27)/t11-,12-,16-,17-,18-,19+/m1/s1.